The number of aromatic nitrogens is 2. The molecule has 0 spiro atoms. The molecule has 1 heterocycles. The molecular weight excluding hydrogens is 289 g/mol. The second-order valence-corrected chi connectivity index (χ2v) is 3.77. The van der Waals surface area contributed by atoms with Gasteiger partial charge in [0.05, 0.1) is 0 Å². The van der Waals surface area contributed by atoms with Crippen LogP contribution in [0, 0.1) is 0 Å². The molecule has 0 aromatic carbocycles. The number of hydrogen-bond donors (Lipinski definition) is 0. The lowest BCUT2D eigenvalue weighted by atomic mass is 10.2. The highest BCUT2D eigenvalue weighted by Gasteiger charge is 2.20. The summed E-state index contributed by atoms with van der Waals surface area (Å²) >= 11 is 9.08. The van der Waals surface area contributed by atoms with Crippen molar-refractivity contribution < 1.29 is 8.78 Å². The minimum atomic E-state index is -2.61. The molecule has 0 N–H and O–H groups in total. The van der Waals surface area contributed by atoms with E-state index in [9.17, 15) is 8.78 Å². The van der Waals surface area contributed by atoms with Gasteiger partial charge in [-0.15, -0.1) is 0 Å². The number of nitrogens with zero attached hydrogens (tertiary/aromatic N) is 2. The van der Waals surface area contributed by atoms with Crippen LogP contribution in [0.1, 0.15) is 24.6 Å². The van der Waals surface area contributed by atoms with E-state index in [2.05, 4.69) is 21.0 Å². The van der Waals surface area contributed by atoms with Gasteiger partial charge in [0.25, 0.3) is 6.43 Å². The Bertz CT molecular complexity index is 363. The zero-order valence-electron chi connectivity index (χ0n) is 8.05. The van der Waals surface area contributed by atoms with E-state index in [1.165, 1.54) is 4.68 Å². The van der Waals surface area contributed by atoms with Crippen molar-refractivity contribution in [3.63, 3.8) is 0 Å². The fraction of sp³-hybridized carbons (Fsp3) is 0.444. The molecule has 15 heavy (non-hydrogen) atoms. The molecule has 1 aromatic heterocycles. The summed E-state index contributed by atoms with van der Waals surface area (Å²) in [6.07, 6.45) is 0.650. The van der Waals surface area contributed by atoms with Crippen LogP contribution < -0.4 is 0 Å². The van der Waals surface area contributed by atoms with Gasteiger partial charge >= 0.3 is 0 Å². The van der Waals surface area contributed by atoms with E-state index >= 15 is 0 Å². The van der Waals surface area contributed by atoms with Crippen LogP contribution in [0.2, 0.25) is 5.15 Å². The molecule has 0 radical (unpaired) electrons. The van der Waals surface area contributed by atoms with Crippen molar-refractivity contribution in [2.45, 2.75) is 19.9 Å². The largest absolute Gasteiger partial charge is 0.282 e. The van der Waals surface area contributed by atoms with E-state index in [0.717, 1.165) is 0 Å². The van der Waals surface area contributed by atoms with E-state index in [4.69, 9.17) is 11.6 Å². The Morgan fingerprint density at radius 3 is 2.73 bits per heavy atom. The summed E-state index contributed by atoms with van der Waals surface area (Å²) in [7, 11) is 0. The van der Waals surface area contributed by atoms with E-state index < -0.39 is 6.43 Å². The van der Waals surface area contributed by atoms with Gasteiger partial charge in [-0.3, -0.25) is 4.68 Å². The minimum Gasteiger partial charge on any atom is -0.253 e. The number of alkyl halides is 3. The summed E-state index contributed by atoms with van der Waals surface area (Å²) in [6.45, 7) is 2.27. The van der Waals surface area contributed by atoms with Crippen LogP contribution in [-0.4, -0.2) is 15.1 Å². The zero-order chi connectivity index (χ0) is 11.4. The first kappa shape index (κ1) is 12.6. The predicted molar refractivity (Wildman–Crippen MR) is 60.7 cm³/mol. The summed E-state index contributed by atoms with van der Waals surface area (Å²) in [5.41, 5.74) is 0.0343. The summed E-state index contributed by atoms with van der Waals surface area (Å²) in [5.74, 6) is 0. The maximum atomic E-state index is 12.6. The average molecular weight is 300 g/mol. The van der Waals surface area contributed by atoms with Gasteiger partial charge in [0.2, 0.25) is 0 Å². The van der Waals surface area contributed by atoms with Gasteiger partial charge in [0.15, 0.2) is 0 Å². The molecule has 0 atom stereocenters. The third-order valence-electron chi connectivity index (χ3n) is 1.83. The molecule has 0 fully saturated rings. The molecule has 0 aliphatic heterocycles. The standard InChI is InChI=1S/C9H10BrClF2N2/c1-2-15-8(11)6(4-3-5-10)7(14-15)9(12)13/h3-4,9H,2,5H2,1H3. The van der Waals surface area contributed by atoms with Crippen molar-refractivity contribution in [1.29, 1.82) is 0 Å². The number of rotatable bonds is 4. The number of allylic oxidation sites excluding steroid dienone is 1. The summed E-state index contributed by atoms with van der Waals surface area (Å²) < 4.78 is 26.6. The molecule has 1 rings (SSSR count). The molecule has 6 heteroatoms. The number of hydrogen-bond acceptors (Lipinski definition) is 1. The number of aryl methyl sites for hydroxylation is 1. The van der Waals surface area contributed by atoms with Gasteiger partial charge in [-0.2, -0.15) is 5.10 Å². The highest BCUT2D eigenvalue weighted by molar-refractivity contribution is 9.09. The Morgan fingerprint density at radius 1 is 1.60 bits per heavy atom. The van der Waals surface area contributed by atoms with Gasteiger partial charge < -0.3 is 0 Å². The Labute approximate surface area is 100 Å². The topological polar surface area (TPSA) is 17.8 Å². The molecule has 0 bridgehead atoms. The maximum Gasteiger partial charge on any atom is 0.282 e. The third-order valence-corrected chi connectivity index (χ3v) is 2.61. The Morgan fingerprint density at radius 2 is 2.27 bits per heavy atom. The smallest absolute Gasteiger partial charge is 0.253 e. The van der Waals surface area contributed by atoms with Gasteiger partial charge in [-0.05, 0) is 6.92 Å². The van der Waals surface area contributed by atoms with Crippen LogP contribution >= 0.6 is 27.5 Å². The minimum absolute atomic E-state index is 0.255. The van der Waals surface area contributed by atoms with Gasteiger partial charge in [0, 0.05) is 17.4 Å². The van der Waals surface area contributed by atoms with Crippen LogP contribution in [-0.2, 0) is 6.54 Å². The average Bonchev–Trinajstić information content (AvgIpc) is 2.52. The highest BCUT2D eigenvalue weighted by atomic mass is 79.9. The quantitative estimate of drug-likeness (QED) is 0.771. The number of halogens is 4. The summed E-state index contributed by atoms with van der Waals surface area (Å²) in [6, 6.07) is 0. The lowest BCUT2D eigenvalue weighted by molar-refractivity contribution is 0.145. The van der Waals surface area contributed by atoms with Gasteiger partial charge in [-0.1, -0.05) is 39.7 Å². The molecule has 0 aliphatic carbocycles. The van der Waals surface area contributed by atoms with E-state index in [0.29, 0.717) is 17.4 Å². The Hall–Kier alpha value is -0.420. The van der Waals surface area contributed by atoms with Crippen molar-refractivity contribution in [3.05, 3.63) is 22.5 Å². The molecular formula is C9H10BrClF2N2. The van der Waals surface area contributed by atoms with Gasteiger partial charge in [0.1, 0.15) is 10.8 Å². The molecule has 0 amide bonds. The normalized spacial score (nSPS) is 11.9. The van der Waals surface area contributed by atoms with Crippen LogP contribution in [0.25, 0.3) is 6.08 Å². The maximum absolute atomic E-state index is 12.6. The highest BCUT2D eigenvalue weighted by Crippen LogP contribution is 2.29. The van der Waals surface area contributed by atoms with E-state index in [-0.39, 0.29) is 10.8 Å². The van der Waals surface area contributed by atoms with Crippen molar-refractivity contribution in [2.24, 2.45) is 0 Å². The molecule has 0 unspecified atom stereocenters. The fourth-order valence-electron chi connectivity index (χ4n) is 1.16. The lowest BCUT2D eigenvalue weighted by Crippen LogP contribution is -1.97. The zero-order valence-corrected chi connectivity index (χ0v) is 10.4. The first-order valence-corrected chi connectivity index (χ1v) is 5.88. The first-order valence-electron chi connectivity index (χ1n) is 4.38. The SMILES string of the molecule is CCn1nc(C(F)F)c(C=CCBr)c1Cl. The van der Waals surface area contributed by atoms with Crippen LogP contribution in [0.5, 0.6) is 0 Å². The lowest BCUT2D eigenvalue weighted by Gasteiger charge is -1.95. The summed E-state index contributed by atoms with van der Waals surface area (Å²) in [5, 5.41) is 4.59. The van der Waals surface area contributed by atoms with Gasteiger partial charge in [-0.25, -0.2) is 8.78 Å². The molecule has 0 saturated heterocycles. The predicted octanol–water partition coefficient (Wildman–Crippen LogP) is 3.90. The van der Waals surface area contributed by atoms with Crippen molar-refractivity contribution in [3.8, 4) is 0 Å². The van der Waals surface area contributed by atoms with Crippen LogP contribution in [0.15, 0.2) is 6.08 Å². The molecule has 84 valence electrons. The summed E-state index contributed by atoms with van der Waals surface area (Å²) in [4.78, 5) is 0. The molecule has 2 nitrogen and oxygen atoms in total. The second kappa shape index (κ2) is 5.61. The van der Waals surface area contributed by atoms with E-state index in [1.807, 2.05) is 0 Å². The molecule has 0 aliphatic rings. The Balaban J connectivity index is 3.19. The van der Waals surface area contributed by atoms with Crippen molar-refractivity contribution in [2.75, 3.05) is 5.33 Å². The third kappa shape index (κ3) is 2.78. The Kier molecular flexibility index (Phi) is 4.73. The monoisotopic (exact) mass is 298 g/mol. The van der Waals surface area contributed by atoms with Crippen molar-refractivity contribution in [1.82, 2.24) is 9.78 Å². The van der Waals surface area contributed by atoms with E-state index in [1.54, 1.807) is 19.1 Å². The van der Waals surface area contributed by atoms with Crippen LogP contribution in [0.3, 0.4) is 0 Å². The van der Waals surface area contributed by atoms with Crippen LogP contribution in [0.4, 0.5) is 8.78 Å². The molecule has 1 aromatic rings. The fourth-order valence-corrected chi connectivity index (χ4v) is 1.66. The van der Waals surface area contributed by atoms with Crippen molar-refractivity contribution >= 4 is 33.6 Å². The second-order valence-electron chi connectivity index (χ2n) is 2.76. The first-order chi connectivity index (χ1) is 7.11. The molecule has 0 saturated carbocycles.